The SMILES string of the molecule is CNC(=O)C(Cc1ccccc1)N(Cc1c(Cl)cccc1Cl)C(=O)CCc1ccc(C(C)(C)C)cc1. The molecule has 3 rings (SSSR count). The number of amides is 2. The van der Waals surface area contributed by atoms with Gasteiger partial charge in [0, 0.05) is 42.0 Å². The summed E-state index contributed by atoms with van der Waals surface area (Å²) in [6, 6.07) is 22.6. The van der Waals surface area contributed by atoms with Gasteiger partial charge in [0.2, 0.25) is 11.8 Å². The lowest BCUT2D eigenvalue weighted by molar-refractivity contribution is -0.141. The van der Waals surface area contributed by atoms with E-state index in [0.29, 0.717) is 28.5 Å². The van der Waals surface area contributed by atoms with E-state index in [-0.39, 0.29) is 30.2 Å². The fraction of sp³-hybridized carbons (Fsp3) is 0.333. The third kappa shape index (κ3) is 7.35. The van der Waals surface area contributed by atoms with Crippen molar-refractivity contribution < 1.29 is 9.59 Å². The summed E-state index contributed by atoms with van der Waals surface area (Å²) in [4.78, 5) is 28.4. The van der Waals surface area contributed by atoms with Crippen molar-refractivity contribution in [3.05, 3.63) is 105 Å². The van der Waals surface area contributed by atoms with Gasteiger partial charge >= 0.3 is 0 Å². The maximum Gasteiger partial charge on any atom is 0.242 e. The quantitative estimate of drug-likeness (QED) is 0.342. The monoisotopic (exact) mass is 524 g/mol. The van der Waals surface area contributed by atoms with Gasteiger partial charge in [-0.15, -0.1) is 0 Å². The average molecular weight is 526 g/mol. The molecule has 3 aromatic rings. The van der Waals surface area contributed by atoms with E-state index in [9.17, 15) is 9.59 Å². The van der Waals surface area contributed by atoms with Gasteiger partial charge in [-0.1, -0.05) is 105 Å². The maximum atomic E-state index is 13.7. The fourth-order valence-electron chi connectivity index (χ4n) is 4.14. The number of nitrogens with zero attached hydrogens (tertiary/aromatic N) is 1. The van der Waals surface area contributed by atoms with Crippen molar-refractivity contribution in [2.75, 3.05) is 7.05 Å². The van der Waals surface area contributed by atoms with Crippen LogP contribution in [0.15, 0.2) is 72.8 Å². The molecule has 0 saturated heterocycles. The van der Waals surface area contributed by atoms with Crippen LogP contribution in [0.4, 0.5) is 0 Å². The Morgan fingerprint density at radius 1 is 0.861 bits per heavy atom. The molecular weight excluding hydrogens is 491 g/mol. The Balaban J connectivity index is 1.89. The molecule has 0 heterocycles. The van der Waals surface area contributed by atoms with Gasteiger partial charge < -0.3 is 10.2 Å². The van der Waals surface area contributed by atoms with E-state index in [1.807, 2.05) is 30.3 Å². The van der Waals surface area contributed by atoms with Gasteiger partial charge in [0.05, 0.1) is 0 Å². The molecule has 1 unspecified atom stereocenters. The van der Waals surface area contributed by atoms with Crippen molar-refractivity contribution in [2.45, 2.75) is 58.0 Å². The lowest BCUT2D eigenvalue weighted by Gasteiger charge is -2.32. The Bertz CT molecular complexity index is 1150. The van der Waals surface area contributed by atoms with Crippen LogP contribution in [0, 0.1) is 0 Å². The highest BCUT2D eigenvalue weighted by molar-refractivity contribution is 6.36. The highest BCUT2D eigenvalue weighted by Crippen LogP contribution is 2.28. The van der Waals surface area contributed by atoms with E-state index in [1.165, 1.54) is 5.56 Å². The van der Waals surface area contributed by atoms with Crippen molar-refractivity contribution in [2.24, 2.45) is 0 Å². The first-order valence-electron chi connectivity index (χ1n) is 12.2. The summed E-state index contributed by atoms with van der Waals surface area (Å²) in [6.07, 6.45) is 1.22. The molecule has 190 valence electrons. The van der Waals surface area contributed by atoms with E-state index in [1.54, 1.807) is 30.1 Å². The largest absolute Gasteiger partial charge is 0.357 e. The molecular formula is C30H34Cl2N2O2. The molecule has 4 nitrogen and oxygen atoms in total. The summed E-state index contributed by atoms with van der Waals surface area (Å²) >= 11 is 12.9. The molecule has 36 heavy (non-hydrogen) atoms. The topological polar surface area (TPSA) is 49.4 Å². The molecule has 0 aliphatic heterocycles. The summed E-state index contributed by atoms with van der Waals surface area (Å²) in [5.74, 6) is -0.361. The lowest BCUT2D eigenvalue weighted by atomic mass is 9.86. The molecule has 0 fully saturated rings. The number of carbonyl (C=O) groups is 2. The predicted octanol–water partition coefficient (Wildman–Crippen LogP) is 6.61. The third-order valence-electron chi connectivity index (χ3n) is 6.36. The second-order valence-electron chi connectivity index (χ2n) is 9.99. The number of hydrogen-bond acceptors (Lipinski definition) is 2. The second kappa shape index (κ2) is 12.4. The van der Waals surface area contributed by atoms with E-state index in [4.69, 9.17) is 23.2 Å². The first-order chi connectivity index (χ1) is 17.1. The molecule has 1 atom stereocenters. The number of hydrogen-bond donors (Lipinski definition) is 1. The molecule has 0 bridgehead atoms. The number of benzene rings is 3. The van der Waals surface area contributed by atoms with Gasteiger partial charge in [0.25, 0.3) is 0 Å². The summed E-state index contributed by atoms with van der Waals surface area (Å²) in [5.41, 5.74) is 3.98. The lowest BCUT2D eigenvalue weighted by Crippen LogP contribution is -2.49. The van der Waals surface area contributed by atoms with Crippen LogP contribution in [-0.4, -0.2) is 29.8 Å². The van der Waals surface area contributed by atoms with Gasteiger partial charge in [-0.25, -0.2) is 0 Å². The number of aryl methyl sites for hydroxylation is 1. The van der Waals surface area contributed by atoms with E-state index < -0.39 is 6.04 Å². The van der Waals surface area contributed by atoms with Gasteiger partial charge in [0.1, 0.15) is 6.04 Å². The number of nitrogens with one attached hydrogen (secondary N) is 1. The van der Waals surface area contributed by atoms with E-state index in [2.05, 4.69) is 50.4 Å². The van der Waals surface area contributed by atoms with Gasteiger partial charge in [0.15, 0.2) is 0 Å². The highest BCUT2D eigenvalue weighted by Gasteiger charge is 2.30. The predicted molar refractivity (Wildman–Crippen MR) is 148 cm³/mol. The van der Waals surface area contributed by atoms with Gasteiger partial charge in [-0.05, 0) is 40.7 Å². The molecule has 1 N–H and O–H groups in total. The molecule has 3 aromatic carbocycles. The summed E-state index contributed by atoms with van der Waals surface area (Å²) < 4.78 is 0. The zero-order chi connectivity index (χ0) is 26.3. The van der Waals surface area contributed by atoms with Crippen LogP contribution in [-0.2, 0) is 34.4 Å². The summed E-state index contributed by atoms with van der Waals surface area (Å²) in [5, 5.41) is 3.66. The van der Waals surface area contributed by atoms with Crippen LogP contribution in [0.2, 0.25) is 10.0 Å². The second-order valence-corrected chi connectivity index (χ2v) is 10.8. The minimum absolute atomic E-state index is 0.0670. The molecule has 0 aromatic heterocycles. The Morgan fingerprint density at radius 2 is 1.47 bits per heavy atom. The number of halogens is 2. The van der Waals surface area contributed by atoms with Gasteiger partial charge in [-0.3, -0.25) is 9.59 Å². The molecule has 6 heteroatoms. The standard InChI is InChI=1S/C30H34Cl2N2O2/c1-30(2,3)23-16-13-21(14-17-23)15-18-28(35)34(20-24-25(31)11-8-12-26(24)32)27(29(36)33-4)19-22-9-6-5-7-10-22/h5-14,16-17,27H,15,18-20H2,1-4H3,(H,33,36). The Kier molecular flexibility index (Phi) is 9.58. The first-order valence-corrected chi connectivity index (χ1v) is 12.9. The van der Waals surface area contributed by atoms with E-state index in [0.717, 1.165) is 11.1 Å². The van der Waals surface area contributed by atoms with E-state index >= 15 is 0 Å². The van der Waals surface area contributed by atoms with Gasteiger partial charge in [-0.2, -0.15) is 0 Å². The average Bonchev–Trinajstić information content (AvgIpc) is 2.86. The zero-order valence-corrected chi connectivity index (χ0v) is 22.9. The zero-order valence-electron chi connectivity index (χ0n) is 21.4. The van der Waals surface area contributed by atoms with Crippen LogP contribution in [0.25, 0.3) is 0 Å². The normalized spacial score (nSPS) is 12.2. The summed E-state index contributed by atoms with van der Waals surface area (Å²) in [7, 11) is 1.59. The fourth-order valence-corrected chi connectivity index (χ4v) is 4.66. The number of likely N-dealkylation sites (N-methyl/N-ethyl adjacent to an activating group) is 1. The molecule has 0 aliphatic rings. The highest BCUT2D eigenvalue weighted by atomic mass is 35.5. The van der Waals surface area contributed by atoms with Crippen molar-refractivity contribution in [3.63, 3.8) is 0 Å². The molecule has 0 aliphatic carbocycles. The van der Waals surface area contributed by atoms with Crippen molar-refractivity contribution in [1.82, 2.24) is 10.2 Å². The minimum Gasteiger partial charge on any atom is -0.357 e. The minimum atomic E-state index is -0.708. The van der Waals surface area contributed by atoms with Crippen LogP contribution in [0.3, 0.4) is 0 Å². The molecule has 2 amide bonds. The first kappa shape index (κ1) is 27.8. The number of rotatable bonds is 9. The van der Waals surface area contributed by atoms with Crippen LogP contribution in [0.5, 0.6) is 0 Å². The molecule has 0 spiro atoms. The Labute approximate surface area is 224 Å². The van der Waals surface area contributed by atoms with Crippen molar-refractivity contribution in [1.29, 1.82) is 0 Å². The summed E-state index contributed by atoms with van der Waals surface area (Å²) in [6.45, 7) is 6.67. The molecule has 0 saturated carbocycles. The maximum absolute atomic E-state index is 13.7. The van der Waals surface area contributed by atoms with Crippen LogP contribution in [0.1, 0.15) is 49.4 Å². The van der Waals surface area contributed by atoms with Crippen LogP contribution >= 0.6 is 23.2 Å². The van der Waals surface area contributed by atoms with Crippen LogP contribution < -0.4 is 5.32 Å². The Hall–Kier alpha value is -2.82. The third-order valence-corrected chi connectivity index (χ3v) is 7.06. The van der Waals surface area contributed by atoms with Crippen molar-refractivity contribution >= 4 is 35.0 Å². The number of carbonyl (C=O) groups excluding carboxylic acids is 2. The molecule has 0 radical (unpaired) electrons. The van der Waals surface area contributed by atoms with Crippen molar-refractivity contribution in [3.8, 4) is 0 Å². The Morgan fingerprint density at radius 3 is 2.03 bits per heavy atom. The smallest absolute Gasteiger partial charge is 0.242 e.